The quantitative estimate of drug-likeness (QED) is 0.661. The second-order valence-corrected chi connectivity index (χ2v) is 7.40. The number of aromatic nitrogens is 2. The zero-order valence-electron chi connectivity index (χ0n) is 14.0. The van der Waals surface area contributed by atoms with Crippen molar-refractivity contribution < 1.29 is 0 Å². The molecule has 0 atom stereocenters. The van der Waals surface area contributed by atoms with E-state index >= 15 is 0 Å². The lowest BCUT2D eigenvalue weighted by molar-refractivity contribution is 0.198. The molecule has 1 saturated heterocycles. The Kier molecular flexibility index (Phi) is 4.71. The maximum Gasteiger partial charge on any atom is 0.145 e. The van der Waals surface area contributed by atoms with Gasteiger partial charge in [-0.15, -0.1) is 0 Å². The first-order valence-electron chi connectivity index (χ1n) is 7.92. The molecule has 0 bridgehead atoms. The van der Waals surface area contributed by atoms with Gasteiger partial charge in [-0.2, -0.15) is 0 Å². The third-order valence-corrected chi connectivity index (χ3v) is 4.44. The number of hydrogen-bond acceptors (Lipinski definition) is 5. The number of nitrogen functional groups attached to an aromatic ring is 1. The molecule has 2 rings (SSSR count). The van der Waals surface area contributed by atoms with Crippen molar-refractivity contribution in [1.29, 1.82) is 0 Å². The summed E-state index contributed by atoms with van der Waals surface area (Å²) in [6, 6.07) is 1.95. The molecule has 5 heteroatoms. The summed E-state index contributed by atoms with van der Waals surface area (Å²) >= 11 is 0. The molecular formula is C16H29N5. The Hall–Kier alpha value is -1.36. The van der Waals surface area contributed by atoms with Crippen molar-refractivity contribution in [3.8, 4) is 0 Å². The van der Waals surface area contributed by atoms with E-state index in [0.717, 1.165) is 30.6 Å². The van der Waals surface area contributed by atoms with E-state index in [2.05, 4.69) is 49.9 Å². The fourth-order valence-electron chi connectivity index (χ4n) is 2.92. The largest absolute Gasteiger partial charge is 0.356 e. The maximum atomic E-state index is 5.54. The Morgan fingerprint density at radius 2 is 1.86 bits per heavy atom. The molecule has 118 valence electrons. The van der Waals surface area contributed by atoms with Gasteiger partial charge in [0.05, 0.1) is 0 Å². The van der Waals surface area contributed by atoms with Gasteiger partial charge in [-0.05, 0) is 24.2 Å². The van der Waals surface area contributed by atoms with Crippen LogP contribution in [0, 0.1) is 11.3 Å². The summed E-state index contributed by atoms with van der Waals surface area (Å²) in [5, 5.41) is 0. The van der Waals surface area contributed by atoms with Gasteiger partial charge in [0.1, 0.15) is 17.5 Å². The summed E-state index contributed by atoms with van der Waals surface area (Å²) in [6.07, 6.45) is 2.44. The third kappa shape index (κ3) is 3.84. The minimum Gasteiger partial charge on any atom is -0.356 e. The molecule has 5 nitrogen and oxygen atoms in total. The molecule has 0 aliphatic carbocycles. The summed E-state index contributed by atoms with van der Waals surface area (Å²) in [4.78, 5) is 11.5. The average Bonchev–Trinajstić information content (AvgIpc) is 2.46. The second-order valence-electron chi connectivity index (χ2n) is 7.40. The van der Waals surface area contributed by atoms with Gasteiger partial charge in [-0.1, -0.05) is 34.6 Å². The average molecular weight is 291 g/mol. The van der Waals surface area contributed by atoms with E-state index in [4.69, 9.17) is 10.8 Å². The van der Waals surface area contributed by atoms with Crippen LogP contribution in [-0.2, 0) is 0 Å². The summed E-state index contributed by atoms with van der Waals surface area (Å²) in [5.74, 6) is 9.15. The van der Waals surface area contributed by atoms with Crippen molar-refractivity contribution in [1.82, 2.24) is 9.97 Å². The first-order valence-corrected chi connectivity index (χ1v) is 7.92. The number of nitrogens with zero attached hydrogens (tertiary/aromatic N) is 3. The van der Waals surface area contributed by atoms with E-state index in [1.165, 1.54) is 12.8 Å². The Morgan fingerprint density at radius 1 is 1.24 bits per heavy atom. The molecule has 0 amide bonds. The van der Waals surface area contributed by atoms with E-state index in [1.807, 2.05) is 6.07 Å². The van der Waals surface area contributed by atoms with Crippen LogP contribution in [0.15, 0.2) is 6.07 Å². The van der Waals surface area contributed by atoms with Crippen molar-refractivity contribution >= 4 is 11.6 Å². The predicted molar refractivity (Wildman–Crippen MR) is 88.3 cm³/mol. The molecule has 0 spiro atoms. The fourth-order valence-corrected chi connectivity index (χ4v) is 2.92. The zero-order valence-corrected chi connectivity index (χ0v) is 14.0. The second kappa shape index (κ2) is 6.18. The normalized spacial score (nSPS) is 17.4. The van der Waals surface area contributed by atoms with Crippen LogP contribution in [0.5, 0.6) is 0 Å². The highest BCUT2D eigenvalue weighted by Gasteiger charge is 2.29. The molecule has 2 heterocycles. The molecule has 0 saturated carbocycles. The summed E-state index contributed by atoms with van der Waals surface area (Å²) in [7, 11) is 0. The minimum atomic E-state index is 0.296. The molecule has 0 aromatic carbocycles. The smallest absolute Gasteiger partial charge is 0.145 e. The van der Waals surface area contributed by atoms with Crippen LogP contribution in [-0.4, -0.2) is 23.1 Å². The molecule has 1 aromatic rings. The SMILES string of the molecule is CC(C)c1nc(NN)cc(N2CCC(C(C)(C)C)CC2)n1. The van der Waals surface area contributed by atoms with E-state index in [0.29, 0.717) is 17.2 Å². The molecule has 1 aromatic heterocycles. The summed E-state index contributed by atoms with van der Waals surface area (Å²) in [5.41, 5.74) is 3.05. The van der Waals surface area contributed by atoms with Crippen molar-refractivity contribution in [2.45, 2.75) is 53.4 Å². The highest BCUT2D eigenvalue weighted by molar-refractivity contribution is 5.49. The summed E-state index contributed by atoms with van der Waals surface area (Å²) in [6.45, 7) is 13.3. The van der Waals surface area contributed by atoms with Gasteiger partial charge in [0.25, 0.3) is 0 Å². The Morgan fingerprint density at radius 3 is 2.33 bits per heavy atom. The lowest BCUT2D eigenvalue weighted by Gasteiger charge is -2.39. The van der Waals surface area contributed by atoms with Gasteiger partial charge >= 0.3 is 0 Å². The van der Waals surface area contributed by atoms with Crippen LogP contribution in [0.3, 0.4) is 0 Å². The number of nitrogens with two attached hydrogens (primary N) is 1. The van der Waals surface area contributed by atoms with Crippen molar-refractivity contribution in [2.75, 3.05) is 23.4 Å². The number of hydrazine groups is 1. The third-order valence-electron chi connectivity index (χ3n) is 4.44. The molecule has 1 aliphatic rings. The lowest BCUT2D eigenvalue weighted by atomic mass is 9.75. The van der Waals surface area contributed by atoms with Crippen LogP contribution in [0.2, 0.25) is 0 Å². The van der Waals surface area contributed by atoms with Crippen LogP contribution < -0.4 is 16.2 Å². The number of rotatable bonds is 3. The first-order chi connectivity index (χ1) is 9.81. The fraction of sp³-hybridized carbons (Fsp3) is 0.750. The highest BCUT2D eigenvalue weighted by atomic mass is 15.3. The number of piperidine rings is 1. The highest BCUT2D eigenvalue weighted by Crippen LogP contribution is 2.35. The van der Waals surface area contributed by atoms with Crippen molar-refractivity contribution in [2.24, 2.45) is 17.2 Å². The standard InChI is InChI=1S/C16H29N5/c1-11(2)15-18-13(20-17)10-14(19-15)21-8-6-12(7-9-21)16(3,4)5/h10-12H,6-9,17H2,1-5H3,(H,18,19,20). The molecule has 3 N–H and O–H groups in total. The van der Waals surface area contributed by atoms with Crippen LogP contribution >= 0.6 is 0 Å². The first kappa shape index (κ1) is 16.0. The molecular weight excluding hydrogens is 262 g/mol. The van der Waals surface area contributed by atoms with E-state index in [-0.39, 0.29) is 0 Å². The van der Waals surface area contributed by atoms with Crippen molar-refractivity contribution in [3.63, 3.8) is 0 Å². The van der Waals surface area contributed by atoms with Crippen LogP contribution in [0.4, 0.5) is 11.6 Å². The Labute approximate surface area is 128 Å². The maximum absolute atomic E-state index is 5.54. The zero-order chi connectivity index (χ0) is 15.6. The van der Waals surface area contributed by atoms with Crippen LogP contribution in [0.1, 0.15) is 59.2 Å². The Balaban J connectivity index is 2.14. The van der Waals surface area contributed by atoms with Crippen molar-refractivity contribution in [3.05, 3.63) is 11.9 Å². The van der Waals surface area contributed by atoms with Gasteiger partial charge < -0.3 is 10.3 Å². The van der Waals surface area contributed by atoms with Gasteiger partial charge in [0.15, 0.2) is 0 Å². The van der Waals surface area contributed by atoms with Crippen LogP contribution in [0.25, 0.3) is 0 Å². The van der Waals surface area contributed by atoms with E-state index in [9.17, 15) is 0 Å². The van der Waals surface area contributed by atoms with Gasteiger partial charge in [0, 0.05) is 25.1 Å². The van der Waals surface area contributed by atoms with Gasteiger partial charge in [-0.25, -0.2) is 15.8 Å². The molecule has 0 unspecified atom stereocenters. The van der Waals surface area contributed by atoms with Gasteiger partial charge in [0.2, 0.25) is 0 Å². The topological polar surface area (TPSA) is 67.1 Å². The molecule has 0 radical (unpaired) electrons. The Bertz CT molecular complexity index is 470. The van der Waals surface area contributed by atoms with Gasteiger partial charge in [-0.3, -0.25) is 0 Å². The molecule has 1 fully saturated rings. The number of nitrogens with one attached hydrogen (secondary N) is 1. The number of anilines is 2. The molecule has 21 heavy (non-hydrogen) atoms. The predicted octanol–water partition coefficient (Wildman–Crippen LogP) is 3.15. The minimum absolute atomic E-state index is 0.296. The monoisotopic (exact) mass is 291 g/mol. The van der Waals surface area contributed by atoms with E-state index in [1.54, 1.807) is 0 Å². The summed E-state index contributed by atoms with van der Waals surface area (Å²) < 4.78 is 0. The van der Waals surface area contributed by atoms with E-state index < -0.39 is 0 Å². The molecule has 1 aliphatic heterocycles. The number of hydrogen-bond donors (Lipinski definition) is 2. The lowest BCUT2D eigenvalue weighted by Crippen LogP contribution is -2.38.